The van der Waals surface area contributed by atoms with Crippen molar-refractivity contribution in [3.63, 3.8) is 0 Å². The zero-order chi connectivity index (χ0) is 15.5. The van der Waals surface area contributed by atoms with Gasteiger partial charge in [-0.25, -0.2) is 0 Å². The number of carbonyl (C=O) groups is 1. The SMILES string of the molecule is CCC[CH2][Sn]([CH2]CCC)[O]C(=O)/C=C/c1ccccc1F. The first-order chi connectivity index (χ1) is 10.2. The van der Waals surface area contributed by atoms with Crippen LogP contribution in [0.1, 0.15) is 45.1 Å². The summed E-state index contributed by atoms with van der Waals surface area (Å²) in [6, 6.07) is 6.41. The van der Waals surface area contributed by atoms with Gasteiger partial charge in [0.25, 0.3) is 0 Å². The third-order valence-electron chi connectivity index (χ3n) is 3.17. The molecular weight excluding hydrogens is 374 g/mol. The summed E-state index contributed by atoms with van der Waals surface area (Å²) in [6.07, 6.45) is 7.41. The van der Waals surface area contributed by atoms with Crippen LogP contribution in [0.3, 0.4) is 0 Å². The van der Waals surface area contributed by atoms with Crippen LogP contribution >= 0.6 is 0 Å². The summed E-state index contributed by atoms with van der Waals surface area (Å²) in [7, 11) is 0. The number of hydrogen-bond donors (Lipinski definition) is 0. The molecule has 0 atom stereocenters. The van der Waals surface area contributed by atoms with Crippen molar-refractivity contribution in [2.75, 3.05) is 0 Å². The molecule has 0 bridgehead atoms. The molecule has 0 unspecified atom stereocenters. The molecule has 1 aromatic rings. The fourth-order valence-corrected chi connectivity index (χ4v) is 8.49. The fraction of sp³-hybridized carbons (Fsp3) is 0.471. The quantitative estimate of drug-likeness (QED) is 0.434. The number of rotatable bonds is 9. The Morgan fingerprint density at radius 2 is 1.81 bits per heavy atom. The van der Waals surface area contributed by atoms with Gasteiger partial charge in [0.2, 0.25) is 0 Å². The third-order valence-corrected chi connectivity index (χ3v) is 9.77. The maximum atomic E-state index is 13.4. The summed E-state index contributed by atoms with van der Waals surface area (Å²) in [5, 5.41) is 0. The molecule has 0 aliphatic heterocycles. The number of benzene rings is 1. The Hall–Kier alpha value is -0.841. The molecular formula is C17H24FO2Sn. The van der Waals surface area contributed by atoms with Crippen LogP contribution in [0.25, 0.3) is 6.08 Å². The van der Waals surface area contributed by atoms with Crippen molar-refractivity contribution in [2.24, 2.45) is 0 Å². The van der Waals surface area contributed by atoms with Crippen LogP contribution in [-0.4, -0.2) is 26.1 Å². The monoisotopic (exact) mass is 399 g/mol. The van der Waals surface area contributed by atoms with Gasteiger partial charge >= 0.3 is 135 Å². The molecule has 0 fully saturated rings. The molecule has 21 heavy (non-hydrogen) atoms. The van der Waals surface area contributed by atoms with Crippen LogP contribution in [0.5, 0.6) is 0 Å². The second-order valence-electron chi connectivity index (χ2n) is 5.02. The van der Waals surface area contributed by atoms with Gasteiger partial charge in [-0.3, -0.25) is 0 Å². The standard InChI is InChI=1S/C9H7FO2.2C4H9.Sn/c10-8-4-2-1-3-7(8)5-6-9(11)12;2*1-3-4-2;/h1-6H,(H,11,12);2*1,3-4H2,2H3;/q;;;+1/p-1/b6-5+;;;. The van der Waals surface area contributed by atoms with Gasteiger partial charge in [0.15, 0.2) is 0 Å². The summed E-state index contributed by atoms with van der Waals surface area (Å²) < 4.78 is 21.3. The van der Waals surface area contributed by atoms with Crippen LogP contribution < -0.4 is 0 Å². The molecule has 0 aromatic heterocycles. The van der Waals surface area contributed by atoms with Crippen molar-refractivity contribution >= 4 is 32.2 Å². The van der Waals surface area contributed by atoms with Crippen LogP contribution in [0, 0.1) is 5.82 Å². The molecule has 115 valence electrons. The first kappa shape index (κ1) is 18.2. The van der Waals surface area contributed by atoms with E-state index in [4.69, 9.17) is 3.07 Å². The molecule has 0 N–H and O–H groups in total. The second kappa shape index (κ2) is 10.8. The Bertz CT molecular complexity index is 452. The molecule has 0 heterocycles. The molecule has 4 heteroatoms. The molecule has 0 saturated heterocycles. The summed E-state index contributed by atoms with van der Waals surface area (Å²) >= 11 is -2.06. The summed E-state index contributed by atoms with van der Waals surface area (Å²) in [6.45, 7) is 4.31. The van der Waals surface area contributed by atoms with Gasteiger partial charge in [0, 0.05) is 0 Å². The zero-order valence-electron chi connectivity index (χ0n) is 12.9. The molecule has 0 amide bonds. The third kappa shape index (κ3) is 7.65. The predicted octanol–water partition coefficient (Wildman–Crippen LogP) is 4.97. The summed E-state index contributed by atoms with van der Waals surface area (Å²) in [5.41, 5.74) is 0.418. The Kier molecular flexibility index (Phi) is 9.39. The summed E-state index contributed by atoms with van der Waals surface area (Å²) in [4.78, 5) is 11.9. The second-order valence-corrected chi connectivity index (χ2v) is 11.5. The Labute approximate surface area is 134 Å². The van der Waals surface area contributed by atoms with Gasteiger partial charge in [-0.05, 0) is 0 Å². The van der Waals surface area contributed by atoms with E-state index in [1.54, 1.807) is 18.2 Å². The Morgan fingerprint density at radius 3 is 2.38 bits per heavy atom. The molecule has 2 nitrogen and oxygen atoms in total. The Morgan fingerprint density at radius 1 is 1.19 bits per heavy atom. The van der Waals surface area contributed by atoms with Gasteiger partial charge in [0.1, 0.15) is 0 Å². The van der Waals surface area contributed by atoms with Crippen LogP contribution in [0.4, 0.5) is 4.39 Å². The number of hydrogen-bond acceptors (Lipinski definition) is 2. The first-order valence-corrected chi connectivity index (χ1v) is 12.9. The first-order valence-electron chi connectivity index (χ1n) is 7.66. The van der Waals surface area contributed by atoms with Crippen LogP contribution in [-0.2, 0) is 7.87 Å². The molecule has 1 radical (unpaired) electrons. The van der Waals surface area contributed by atoms with Crippen LogP contribution in [0.15, 0.2) is 30.3 Å². The molecule has 1 aromatic carbocycles. The average molecular weight is 398 g/mol. The van der Waals surface area contributed by atoms with Crippen molar-refractivity contribution in [3.05, 3.63) is 41.7 Å². The topological polar surface area (TPSA) is 26.3 Å². The van der Waals surface area contributed by atoms with Gasteiger partial charge < -0.3 is 0 Å². The molecule has 1 rings (SSSR count). The van der Waals surface area contributed by atoms with Crippen molar-refractivity contribution < 1.29 is 12.3 Å². The van der Waals surface area contributed by atoms with Crippen molar-refractivity contribution in [2.45, 2.75) is 48.4 Å². The predicted molar refractivity (Wildman–Crippen MR) is 86.7 cm³/mol. The molecule has 0 aliphatic carbocycles. The summed E-state index contributed by atoms with van der Waals surface area (Å²) in [5.74, 6) is -0.628. The van der Waals surface area contributed by atoms with E-state index in [9.17, 15) is 9.18 Å². The zero-order valence-corrected chi connectivity index (χ0v) is 15.8. The van der Waals surface area contributed by atoms with E-state index in [2.05, 4.69) is 13.8 Å². The minimum absolute atomic E-state index is 0.306. The van der Waals surface area contributed by atoms with Crippen molar-refractivity contribution in [3.8, 4) is 0 Å². The fourth-order valence-electron chi connectivity index (χ4n) is 1.92. The van der Waals surface area contributed by atoms with Gasteiger partial charge in [-0.2, -0.15) is 0 Å². The number of unbranched alkanes of at least 4 members (excludes halogenated alkanes) is 2. The van der Waals surface area contributed by atoms with Gasteiger partial charge in [0.05, 0.1) is 0 Å². The maximum absolute atomic E-state index is 13.4. The molecule has 0 spiro atoms. The van der Waals surface area contributed by atoms with Gasteiger partial charge in [-0.1, -0.05) is 0 Å². The van der Waals surface area contributed by atoms with E-state index in [-0.39, 0.29) is 11.8 Å². The van der Waals surface area contributed by atoms with Crippen molar-refractivity contribution in [1.82, 2.24) is 0 Å². The van der Waals surface area contributed by atoms with E-state index in [1.165, 1.54) is 18.2 Å². The number of halogens is 1. The van der Waals surface area contributed by atoms with E-state index in [0.717, 1.165) is 34.6 Å². The average Bonchev–Trinajstić information content (AvgIpc) is 2.49. The van der Waals surface area contributed by atoms with Crippen molar-refractivity contribution in [1.29, 1.82) is 0 Å². The van der Waals surface area contributed by atoms with E-state index in [1.807, 2.05) is 0 Å². The minimum atomic E-state index is -2.06. The van der Waals surface area contributed by atoms with E-state index in [0.29, 0.717) is 5.56 Å². The van der Waals surface area contributed by atoms with Gasteiger partial charge in [-0.15, -0.1) is 0 Å². The van der Waals surface area contributed by atoms with E-state index < -0.39 is 20.2 Å². The molecule has 0 saturated carbocycles. The number of carbonyl (C=O) groups excluding carboxylic acids is 1. The van der Waals surface area contributed by atoms with Crippen LogP contribution in [0.2, 0.25) is 8.87 Å². The molecule has 0 aliphatic rings. The normalized spacial score (nSPS) is 11.2. The van der Waals surface area contributed by atoms with E-state index >= 15 is 0 Å². The Balaban J connectivity index is 2.54.